The fourth-order valence-electron chi connectivity index (χ4n) is 5.05. The average Bonchev–Trinajstić information content (AvgIpc) is 3.26. The van der Waals surface area contributed by atoms with Crippen LogP contribution in [0.3, 0.4) is 0 Å². The highest BCUT2D eigenvalue weighted by molar-refractivity contribution is 7.07. The summed E-state index contributed by atoms with van der Waals surface area (Å²) in [4.78, 5) is 32.6. The molecule has 1 atom stereocenters. The van der Waals surface area contributed by atoms with E-state index in [1.165, 1.54) is 11.3 Å². The number of ether oxygens (including phenoxy) is 4. The lowest BCUT2D eigenvalue weighted by molar-refractivity contribution is -0.139. The van der Waals surface area contributed by atoms with Gasteiger partial charge in [-0.25, -0.2) is 9.79 Å². The molecule has 4 aromatic rings. The topological polar surface area (TPSA) is 88.4 Å². The zero-order chi connectivity index (χ0) is 29.3. The van der Waals surface area contributed by atoms with Gasteiger partial charge >= 0.3 is 5.97 Å². The van der Waals surface area contributed by atoms with Gasteiger partial charge in [-0.3, -0.25) is 9.36 Å². The van der Waals surface area contributed by atoms with E-state index in [4.69, 9.17) is 18.9 Å². The molecule has 1 unspecified atom stereocenters. The van der Waals surface area contributed by atoms with Crippen LogP contribution in [0.15, 0.2) is 75.7 Å². The van der Waals surface area contributed by atoms with Crippen molar-refractivity contribution >= 4 is 34.2 Å². The first kappa shape index (κ1) is 28.2. The molecule has 1 aliphatic rings. The number of hydrogen-bond acceptors (Lipinski definition) is 8. The van der Waals surface area contributed by atoms with E-state index in [0.717, 1.165) is 16.3 Å². The molecule has 212 valence electrons. The Kier molecular flexibility index (Phi) is 7.99. The maximum Gasteiger partial charge on any atom is 0.338 e. The Bertz CT molecular complexity index is 1850. The standard InChI is InChI=1S/C32H32N2O6S/c1-7-39-31(36)28-19(4)33-32-34(29(28)21-13-15-25(40-18(2)3)26(16-21)38-6)30(35)27(41-32)17-23-22-11-9-8-10-20(22)12-14-24(23)37-5/h8-18,29H,7H2,1-6H3. The molecule has 0 aliphatic carbocycles. The number of nitrogens with zero attached hydrogens (tertiary/aromatic N) is 2. The number of carbonyl (C=O) groups excluding carboxylic acids is 1. The van der Waals surface area contributed by atoms with Crippen molar-refractivity contribution in [1.82, 2.24) is 4.57 Å². The number of carbonyl (C=O) groups is 1. The van der Waals surface area contributed by atoms with Crippen LogP contribution in [0.2, 0.25) is 0 Å². The zero-order valence-electron chi connectivity index (χ0n) is 23.9. The molecule has 0 spiro atoms. The Balaban J connectivity index is 1.76. The Hall–Kier alpha value is -4.37. The summed E-state index contributed by atoms with van der Waals surface area (Å²) in [6.45, 7) is 7.56. The van der Waals surface area contributed by atoms with Gasteiger partial charge in [0.2, 0.25) is 0 Å². The summed E-state index contributed by atoms with van der Waals surface area (Å²) in [6, 6.07) is 16.5. The number of hydrogen-bond donors (Lipinski definition) is 0. The monoisotopic (exact) mass is 572 g/mol. The first-order valence-electron chi connectivity index (χ1n) is 13.4. The number of fused-ring (bicyclic) bond motifs is 2. The number of benzene rings is 3. The second-order valence-electron chi connectivity index (χ2n) is 9.78. The number of esters is 1. The number of aromatic nitrogens is 1. The van der Waals surface area contributed by atoms with Crippen LogP contribution in [-0.4, -0.2) is 37.5 Å². The van der Waals surface area contributed by atoms with E-state index < -0.39 is 12.0 Å². The summed E-state index contributed by atoms with van der Waals surface area (Å²) in [5, 5.41) is 1.99. The maximum atomic E-state index is 14.1. The van der Waals surface area contributed by atoms with E-state index in [1.54, 1.807) is 44.8 Å². The van der Waals surface area contributed by atoms with Crippen molar-refractivity contribution in [2.75, 3.05) is 20.8 Å². The molecule has 5 rings (SSSR count). The molecule has 2 heterocycles. The molecule has 0 amide bonds. The highest BCUT2D eigenvalue weighted by Gasteiger charge is 2.34. The van der Waals surface area contributed by atoms with E-state index in [-0.39, 0.29) is 18.3 Å². The van der Waals surface area contributed by atoms with Gasteiger partial charge in [0.05, 0.1) is 48.8 Å². The fraction of sp³-hybridized carbons (Fsp3) is 0.281. The van der Waals surface area contributed by atoms with Crippen LogP contribution in [0, 0.1) is 0 Å². The van der Waals surface area contributed by atoms with Gasteiger partial charge in [0, 0.05) is 5.56 Å². The minimum atomic E-state index is -0.774. The lowest BCUT2D eigenvalue weighted by Gasteiger charge is -2.25. The van der Waals surface area contributed by atoms with Crippen LogP contribution >= 0.6 is 11.3 Å². The van der Waals surface area contributed by atoms with Gasteiger partial charge in [-0.1, -0.05) is 47.7 Å². The largest absolute Gasteiger partial charge is 0.496 e. The molecule has 0 saturated heterocycles. The molecule has 0 fully saturated rings. The van der Waals surface area contributed by atoms with Crippen molar-refractivity contribution in [3.63, 3.8) is 0 Å². The quantitative estimate of drug-likeness (QED) is 0.283. The van der Waals surface area contributed by atoms with Crippen molar-refractivity contribution in [2.45, 2.75) is 39.8 Å². The van der Waals surface area contributed by atoms with Crippen molar-refractivity contribution in [2.24, 2.45) is 4.99 Å². The highest BCUT2D eigenvalue weighted by atomic mass is 32.1. The smallest absolute Gasteiger partial charge is 0.338 e. The lowest BCUT2D eigenvalue weighted by atomic mass is 9.95. The molecule has 1 aromatic heterocycles. The molecule has 8 nitrogen and oxygen atoms in total. The van der Waals surface area contributed by atoms with E-state index in [2.05, 4.69) is 4.99 Å². The molecule has 1 aliphatic heterocycles. The summed E-state index contributed by atoms with van der Waals surface area (Å²) in [7, 11) is 3.17. The third-order valence-corrected chi connectivity index (χ3v) is 7.79. The van der Waals surface area contributed by atoms with E-state index in [1.807, 2.05) is 62.4 Å². The molecular formula is C32H32N2O6S. The van der Waals surface area contributed by atoms with Crippen molar-refractivity contribution < 1.29 is 23.7 Å². The number of rotatable bonds is 8. The van der Waals surface area contributed by atoms with E-state index in [9.17, 15) is 9.59 Å². The first-order valence-corrected chi connectivity index (χ1v) is 14.2. The molecular weight excluding hydrogens is 540 g/mol. The fourth-order valence-corrected chi connectivity index (χ4v) is 6.07. The normalized spacial score (nSPS) is 15.1. The average molecular weight is 573 g/mol. The van der Waals surface area contributed by atoms with Gasteiger partial charge in [0.1, 0.15) is 5.75 Å². The molecule has 0 radical (unpaired) electrons. The molecule has 0 saturated carbocycles. The van der Waals surface area contributed by atoms with Gasteiger partial charge < -0.3 is 18.9 Å². The predicted molar refractivity (Wildman–Crippen MR) is 160 cm³/mol. The molecule has 3 aromatic carbocycles. The first-order chi connectivity index (χ1) is 19.8. The Labute approximate surface area is 241 Å². The summed E-state index contributed by atoms with van der Waals surface area (Å²) >= 11 is 1.27. The second kappa shape index (κ2) is 11.6. The number of methoxy groups -OCH3 is 2. The van der Waals surface area contributed by atoms with Crippen LogP contribution in [0.25, 0.3) is 16.8 Å². The third kappa shape index (κ3) is 5.25. The Morgan fingerprint density at radius 2 is 1.78 bits per heavy atom. The van der Waals surface area contributed by atoms with Crippen LogP contribution in [0.1, 0.15) is 44.9 Å². The minimum absolute atomic E-state index is 0.0595. The minimum Gasteiger partial charge on any atom is -0.496 e. The summed E-state index contributed by atoms with van der Waals surface area (Å²) < 4.78 is 24.6. The summed E-state index contributed by atoms with van der Waals surface area (Å²) in [6.07, 6.45) is 1.78. The molecule has 0 bridgehead atoms. The molecule has 0 N–H and O–H groups in total. The van der Waals surface area contributed by atoms with E-state index in [0.29, 0.717) is 43.4 Å². The maximum absolute atomic E-state index is 14.1. The Morgan fingerprint density at radius 3 is 2.49 bits per heavy atom. The van der Waals surface area contributed by atoms with Gasteiger partial charge in [-0.2, -0.15) is 0 Å². The number of thiazole rings is 1. The molecule has 9 heteroatoms. The van der Waals surface area contributed by atoms with Crippen LogP contribution in [-0.2, 0) is 9.53 Å². The predicted octanol–water partition coefficient (Wildman–Crippen LogP) is 4.76. The number of allylic oxidation sites excluding steroid dienone is 1. The third-order valence-electron chi connectivity index (χ3n) is 6.81. The van der Waals surface area contributed by atoms with Crippen LogP contribution in [0.5, 0.6) is 17.2 Å². The lowest BCUT2D eigenvalue weighted by Crippen LogP contribution is -2.40. The van der Waals surface area contributed by atoms with E-state index >= 15 is 0 Å². The summed E-state index contributed by atoms with van der Waals surface area (Å²) in [5.41, 5.74) is 1.99. The highest BCUT2D eigenvalue weighted by Crippen LogP contribution is 2.36. The van der Waals surface area contributed by atoms with Crippen LogP contribution in [0.4, 0.5) is 0 Å². The second-order valence-corrected chi connectivity index (χ2v) is 10.8. The SMILES string of the molecule is CCOC(=O)C1=C(C)N=c2sc(=Cc3c(OC)ccc4ccccc34)c(=O)n2C1c1ccc(OC(C)C)c(OC)c1. The van der Waals surface area contributed by atoms with Crippen LogP contribution < -0.4 is 29.1 Å². The summed E-state index contributed by atoms with van der Waals surface area (Å²) in [5.74, 6) is 1.20. The van der Waals surface area contributed by atoms with Gasteiger partial charge in [-0.15, -0.1) is 0 Å². The van der Waals surface area contributed by atoms with Gasteiger partial charge in [0.25, 0.3) is 5.56 Å². The van der Waals surface area contributed by atoms with Gasteiger partial charge in [0.15, 0.2) is 16.3 Å². The van der Waals surface area contributed by atoms with Gasteiger partial charge in [-0.05, 0) is 68.3 Å². The zero-order valence-corrected chi connectivity index (χ0v) is 24.7. The molecule has 41 heavy (non-hydrogen) atoms. The Morgan fingerprint density at radius 1 is 1.05 bits per heavy atom. The van der Waals surface area contributed by atoms with Crippen molar-refractivity contribution in [3.05, 3.63) is 96.7 Å². The van der Waals surface area contributed by atoms with Crippen molar-refractivity contribution in [1.29, 1.82) is 0 Å². The van der Waals surface area contributed by atoms with Crippen molar-refractivity contribution in [3.8, 4) is 17.2 Å².